The molecule has 9 heteroatoms. The molecule has 1 heterocycles. The van der Waals surface area contributed by atoms with Gasteiger partial charge < -0.3 is 15.1 Å². The van der Waals surface area contributed by atoms with Crippen LogP contribution in [0.25, 0.3) is 0 Å². The zero-order valence-electron chi connectivity index (χ0n) is 15.9. The average molecular weight is 417 g/mol. The van der Waals surface area contributed by atoms with Crippen LogP contribution in [-0.4, -0.2) is 47.8 Å². The SMILES string of the molecule is CCC(=O)N1CCN(c2ccc(Cl)cc2NC(=O)c2ccc([N+](=O)[O-])cc2)CC1. The van der Waals surface area contributed by atoms with E-state index in [-0.39, 0.29) is 17.5 Å². The first kappa shape index (κ1) is 20.6. The number of benzene rings is 2. The number of non-ortho nitro benzene ring substituents is 1. The van der Waals surface area contributed by atoms with Gasteiger partial charge in [0.25, 0.3) is 11.6 Å². The van der Waals surface area contributed by atoms with Gasteiger partial charge in [-0.25, -0.2) is 0 Å². The molecule has 1 fully saturated rings. The first-order valence-electron chi connectivity index (χ1n) is 9.27. The number of hydrogen-bond acceptors (Lipinski definition) is 5. The number of nitro benzene ring substituents is 1. The van der Waals surface area contributed by atoms with Crippen LogP contribution in [0.4, 0.5) is 17.1 Å². The molecule has 1 aliphatic heterocycles. The van der Waals surface area contributed by atoms with E-state index in [0.717, 1.165) is 5.69 Å². The van der Waals surface area contributed by atoms with Crippen LogP contribution in [-0.2, 0) is 4.79 Å². The van der Waals surface area contributed by atoms with E-state index in [1.165, 1.54) is 24.3 Å². The molecule has 0 aromatic heterocycles. The van der Waals surface area contributed by atoms with E-state index in [1.807, 2.05) is 17.9 Å². The topological polar surface area (TPSA) is 95.8 Å². The molecule has 0 atom stereocenters. The molecule has 0 radical (unpaired) electrons. The monoisotopic (exact) mass is 416 g/mol. The summed E-state index contributed by atoms with van der Waals surface area (Å²) in [5.41, 5.74) is 1.59. The van der Waals surface area contributed by atoms with E-state index in [0.29, 0.717) is 48.9 Å². The second-order valence-electron chi connectivity index (χ2n) is 6.64. The van der Waals surface area contributed by atoms with Crippen molar-refractivity contribution in [3.05, 3.63) is 63.2 Å². The number of nitro groups is 1. The van der Waals surface area contributed by atoms with Crippen molar-refractivity contribution in [3.8, 4) is 0 Å². The van der Waals surface area contributed by atoms with E-state index in [4.69, 9.17) is 11.6 Å². The van der Waals surface area contributed by atoms with Gasteiger partial charge in [0.2, 0.25) is 5.91 Å². The zero-order chi connectivity index (χ0) is 21.0. The first-order valence-corrected chi connectivity index (χ1v) is 9.65. The number of halogens is 1. The molecule has 0 bridgehead atoms. The zero-order valence-corrected chi connectivity index (χ0v) is 16.7. The number of anilines is 2. The van der Waals surface area contributed by atoms with Gasteiger partial charge in [-0.15, -0.1) is 0 Å². The summed E-state index contributed by atoms with van der Waals surface area (Å²) >= 11 is 6.13. The summed E-state index contributed by atoms with van der Waals surface area (Å²) in [5.74, 6) is -0.254. The van der Waals surface area contributed by atoms with Gasteiger partial charge >= 0.3 is 0 Å². The Morgan fingerprint density at radius 1 is 1.10 bits per heavy atom. The van der Waals surface area contributed by atoms with Crippen LogP contribution in [0.5, 0.6) is 0 Å². The molecule has 2 aromatic carbocycles. The molecule has 29 heavy (non-hydrogen) atoms. The number of carbonyl (C=O) groups excluding carboxylic acids is 2. The molecule has 0 aliphatic carbocycles. The molecule has 0 unspecified atom stereocenters. The summed E-state index contributed by atoms with van der Waals surface area (Å²) in [5, 5.41) is 14.1. The molecule has 0 saturated carbocycles. The Bertz CT molecular complexity index is 925. The predicted octanol–water partition coefficient (Wildman–Crippen LogP) is 3.56. The Labute approximate surface area is 173 Å². The Kier molecular flexibility index (Phi) is 6.33. The van der Waals surface area contributed by atoms with Crippen molar-refractivity contribution < 1.29 is 14.5 Å². The molecular weight excluding hydrogens is 396 g/mol. The summed E-state index contributed by atoms with van der Waals surface area (Å²) in [4.78, 5) is 38.7. The molecular formula is C20H21ClN4O4. The average Bonchev–Trinajstić information content (AvgIpc) is 2.73. The lowest BCUT2D eigenvalue weighted by atomic mass is 10.1. The second-order valence-corrected chi connectivity index (χ2v) is 7.08. The molecule has 0 spiro atoms. The third-order valence-corrected chi connectivity index (χ3v) is 5.06. The van der Waals surface area contributed by atoms with Crippen molar-refractivity contribution in [2.75, 3.05) is 36.4 Å². The van der Waals surface area contributed by atoms with Crippen LogP contribution in [0.3, 0.4) is 0 Å². The van der Waals surface area contributed by atoms with E-state index in [9.17, 15) is 19.7 Å². The fourth-order valence-electron chi connectivity index (χ4n) is 3.23. The van der Waals surface area contributed by atoms with Crippen molar-refractivity contribution in [3.63, 3.8) is 0 Å². The highest BCUT2D eigenvalue weighted by molar-refractivity contribution is 6.31. The van der Waals surface area contributed by atoms with Crippen molar-refractivity contribution in [2.24, 2.45) is 0 Å². The number of rotatable bonds is 5. The number of nitrogens with zero attached hydrogens (tertiary/aromatic N) is 3. The maximum absolute atomic E-state index is 12.6. The van der Waals surface area contributed by atoms with Crippen LogP contribution in [0, 0.1) is 10.1 Å². The molecule has 3 rings (SSSR count). The fraction of sp³-hybridized carbons (Fsp3) is 0.300. The maximum atomic E-state index is 12.6. The molecule has 1 aliphatic rings. The Hall–Kier alpha value is -3.13. The second kappa shape index (κ2) is 8.91. The summed E-state index contributed by atoms with van der Waals surface area (Å²) in [7, 11) is 0. The van der Waals surface area contributed by atoms with Crippen LogP contribution < -0.4 is 10.2 Å². The van der Waals surface area contributed by atoms with E-state index >= 15 is 0 Å². The number of amides is 2. The minimum atomic E-state index is -0.514. The number of piperazine rings is 1. The normalized spacial score (nSPS) is 13.9. The highest BCUT2D eigenvalue weighted by Gasteiger charge is 2.22. The minimum absolute atomic E-state index is 0.0792. The summed E-state index contributed by atoms with van der Waals surface area (Å²) in [6.45, 7) is 4.37. The molecule has 2 amide bonds. The summed E-state index contributed by atoms with van der Waals surface area (Å²) in [6, 6.07) is 10.7. The van der Waals surface area contributed by atoms with Crippen molar-refractivity contribution in [2.45, 2.75) is 13.3 Å². The largest absolute Gasteiger partial charge is 0.366 e. The van der Waals surface area contributed by atoms with Gasteiger partial charge in [0.05, 0.1) is 16.3 Å². The van der Waals surface area contributed by atoms with Crippen LogP contribution >= 0.6 is 11.6 Å². The van der Waals surface area contributed by atoms with Crippen LogP contribution in [0.2, 0.25) is 5.02 Å². The lowest BCUT2D eigenvalue weighted by Crippen LogP contribution is -2.48. The predicted molar refractivity (Wildman–Crippen MR) is 112 cm³/mol. The van der Waals surface area contributed by atoms with Crippen molar-refractivity contribution >= 4 is 40.5 Å². The highest BCUT2D eigenvalue weighted by Crippen LogP contribution is 2.30. The van der Waals surface area contributed by atoms with E-state index < -0.39 is 4.92 Å². The smallest absolute Gasteiger partial charge is 0.269 e. The van der Waals surface area contributed by atoms with Crippen LogP contribution in [0.15, 0.2) is 42.5 Å². The van der Waals surface area contributed by atoms with Gasteiger partial charge in [-0.3, -0.25) is 19.7 Å². The minimum Gasteiger partial charge on any atom is -0.366 e. The Balaban J connectivity index is 1.76. The highest BCUT2D eigenvalue weighted by atomic mass is 35.5. The van der Waals surface area contributed by atoms with Crippen LogP contribution in [0.1, 0.15) is 23.7 Å². The number of hydrogen-bond donors (Lipinski definition) is 1. The van der Waals surface area contributed by atoms with Crippen molar-refractivity contribution in [1.29, 1.82) is 0 Å². The van der Waals surface area contributed by atoms with Gasteiger partial charge in [-0.05, 0) is 30.3 Å². The van der Waals surface area contributed by atoms with Crippen molar-refractivity contribution in [1.82, 2.24) is 4.90 Å². The lowest BCUT2D eigenvalue weighted by molar-refractivity contribution is -0.384. The molecule has 1 saturated heterocycles. The maximum Gasteiger partial charge on any atom is 0.269 e. The molecule has 152 valence electrons. The fourth-order valence-corrected chi connectivity index (χ4v) is 3.41. The standard InChI is InChI=1S/C20H21ClN4O4/c1-2-19(26)24-11-9-23(10-12-24)18-8-5-15(21)13-17(18)22-20(27)14-3-6-16(7-4-14)25(28)29/h3-8,13H,2,9-12H2,1H3,(H,22,27). The molecule has 1 N–H and O–H groups in total. The van der Waals surface area contributed by atoms with E-state index in [1.54, 1.807) is 12.1 Å². The Morgan fingerprint density at radius 3 is 2.34 bits per heavy atom. The van der Waals surface area contributed by atoms with Gasteiger partial charge in [-0.2, -0.15) is 0 Å². The summed E-state index contributed by atoms with van der Waals surface area (Å²) in [6.07, 6.45) is 0.484. The van der Waals surface area contributed by atoms with Gasteiger partial charge in [0.15, 0.2) is 0 Å². The van der Waals surface area contributed by atoms with Gasteiger partial charge in [0, 0.05) is 55.3 Å². The van der Waals surface area contributed by atoms with Gasteiger partial charge in [-0.1, -0.05) is 18.5 Å². The van der Waals surface area contributed by atoms with E-state index in [2.05, 4.69) is 10.2 Å². The quantitative estimate of drug-likeness (QED) is 0.593. The Morgan fingerprint density at radius 2 is 1.76 bits per heavy atom. The summed E-state index contributed by atoms with van der Waals surface area (Å²) < 4.78 is 0. The number of carbonyl (C=O) groups is 2. The molecule has 8 nitrogen and oxygen atoms in total. The third-order valence-electron chi connectivity index (χ3n) is 4.82. The number of nitrogens with one attached hydrogen (secondary N) is 1. The third kappa shape index (κ3) is 4.83. The molecule has 2 aromatic rings. The lowest BCUT2D eigenvalue weighted by Gasteiger charge is -2.37. The first-order chi connectivity index (χ1) is 13.9. The van der Waals surface area contributed by atoms with Gasteiger partial charge in [0.1, 0.15) is 0 Å².